The summed E-state index contributed by atoms with van der Waals surface area (Å²) in [7, 11) is 0. The zero-order valence-electron chi connectivity index (χ0n) is 15.3. The van der Waals surface area contributed by atoms with E-state index in [1.807, 2.05) is 54.6 Å². The lowest BCUT2D eigenvalue weighted by molar-refractivity contribution is -0.124. The van der Waals surface area contributed by atoms with Crippen LogP contribution in [0.15, 0.2) is 60.7 Å². The summed E-state index contributed by atoms with van der Waals surface area (Å²) in [6.07, 6.45) is 0.687. The van der Waals surface area contributed by atoms with E-state index in [-0.39, 0.29) is 12.5 Å². The summed E-state index contributed by atoms with van der Waals surface area (Å²) in [5.41, 5.74) is 7.45. The third-order valence-corrected chi connectivity index (χ3v) is 5.86. The van der Waals surface area contributed by atoms with Crippen LogP contribution in [-0.4, -0.2) is 36.4 Å². The van der Waals surface area contributed by atoms with Crippen LogP contribution in [0.3, 0.4) is 0 Å². The zero-order valence-corrected chi connectivity index (χ0v) is 15.3. The highest BCUT2D eigenvalue weighted by atomic mass is 16.2. The van der Waals surface area contributed by atoms with Crippen LogP contribution in [0.4, 0.5) is 11.5 Å². The van der Waals surface area contributed by atoms with Crippen molar-refractivity contribution in [3.63, 3.8) is 0 Å². The molecule has 2 aliphatic heterocycles. The molecular formula is C22H20N4O2. The van der Waals surface area contributed by atoms with Crippen LogP contribution in [0.1, 0.15) is 12.0 Å². The number of hydrogen-bond donors (Lipinski definition) is 1. The van der Waals surface area contributed by atoms with Crippen LogP contribution in [0.5, 0.6) is 0 Å². The average Bonchev–Trinajstić information content (AvgIpc) is 3.25. The first-order chi connectivity index (χ1) is 13.6. The van der Waals surface area contributed by atoms with Gasteiger partial charge in [-0.25, -0.2) is 4.98 Å². The standard InChI is InChI=1S/C22H20N4O2/c23-19(27)13-26-18-8-4-2-6-16(18)22(21(26)28)11-12-25(14-22)20-10-9-15-5-1-3-7-17(15)24-20/h1-10H,11-14H2,(H2,23,27)/t22-/m1/s1. The summed E-state index contributed by atoms with van der Waals surface area (Å²) < 4.78 is 0. The Balaban J connectivity index is 1.52. The number of amides is 2. The van der Waals surface area contributed by atoms with Crippen molar-refractivity contribution in [3.8, 4) is 0 Å². The van der Waals surface area contributed by atoms with Crippen molar-refractivity contribution in [2.24, 2.45) is 5.73 Å². The number of benzene rings is 2. The quantitative estimate of drug-likeness (QED) is 0.765. The average molecular weight is 372 g/mol. The maximum Gasteiger partial charge on any atom is 0.240 e. The SMILES string of the molecule is NC(=O)CN1C(=O)[C@@]2(CCN(c3ccc4ccccc4n3)C2)c2ccccc21. The van der Waals surface area contributed by atoms with Crippen molar-refractivity contribution in [2.75, 3.05) is 29.4 Å². The summed E-state index contributed by atoms with van der Waals surface area (Å²) in [5, 5.41) is 1.09. The molecule has 0 radical (unpaired) electrons. The van der Waals surface area contributed by atoms with Gasteiger partial charge in [0.1, 0.15) is 12.4 Å². The van der Waals surface area contributed by atoms with Crippen molar-refractivity contribution in [2.45, 2.75) is 11.8 Å². The van der Waals surface area contributed by atoms with Crippen molar-refractivity contribution < 1.29 is 9.59 Å². The second kappa shape index (κ2) is 6.05. The third-order valence-electron chi connectivity index (χ3n) is 5.86. The number of primary amides is 1. The number of anilines is 2. The first-order valence-electron chi connectivity index (χ1n) is 9.39. The molecule has 1 atom stereocenters. The van der Waals surface area contributed by atoms with Gasteiger partial charge in [-0.05, 0) is 36.2 Å². The van der Waals surface area contributed by atoms with Crippen molar-refractivity contribution in [1.82, 2.24) is 4.98 Å². The predicted octanol–water partition coefficient (Wildman–Crippen LogP) is 2.21. The number of para-hydroxylation sites is 2. The minimum atomic E-state index is -0.653. The minimum Gasteiger partial charge on any atom is -0.368 e. The fourth-order valence-electron chi connectivity index (χ4n) is 4.54. The molecule has 3 heterocycles. The maximum absolute atomic E-state index is 13.4. The Morgan fingerprint density at radius 3 is 2.71 bits per heavy atom. The second-order valence-corrected chi connectivity index (χ2v) is 7.49. The Morgan fingerprint density at radius 1 is 1.07 bits per heavy atom. The Hall–Kier alpha value is -3.41. The number of carbonyl (C=O) groups is 2. The number of nitrogens with two attached hydrogens (primary N) is 1. The number of nitrogens with zero attached hydrogens (tertiary/aromatic N) is 3. The smallest absolute Gasteiger partial charge is 0.240 e. The normalized spacial score (nSPS) is 20.9. The fourth-order valence-corrected chi connectivity index (χ4v) is 4.54. The van der Waals surface area contributed by atoms with E-state index in [1.54, 1.807) is 0 Å². The van der Waals surface area contributed by atoms with Gasteiger partial charge in [0.25, 0.3) is 0 Å². The molecule has 0 saturated carbocycles. The van der Waals surface area contributed by atoms with Crippen LogP contribution in [0.25, 0.3) is 10.9 Å². The number of aromatic nitrogens is 1. The Morgan fingerprint density at radius 2 is 1.86 bits per heavy atom. The van der Waals surface area contributed by atoms with Gasteiger partial charge in [0, 0.05) is 24.2 Å². The highest BCUT2D eigenvalue weighted by Crippen LogP contribution is 2.47. The molecule has 6 nitrogen and oxygen atoms in total. The molecule has 1 saturated heterocycles. The van der Waals surface area contributed by atoms with E-state index in [9.17, 15) is 9.59 Å². The van der Waals surface area contributed by atoms with E-state index >= 15 is 0 Å². The van der Waals surface area contributed by atoms with Crippen LogP contribution >= 0.6 is 0 Å². The molecule has 0 aliphatic carbocycles. The molecule has 6 heteroatoms. The second-order valence-electron chi connectivity index (χ2n) is 7.49. The molecule has 5 rings (SSSR count). The fraction of sp³-hybridized carbons (Fsp3) is 0.227. The van der Waals surface area contributed by atoms with Crippen molar-refractivity contribution >= 4 is 34.2 Å². The van der Waals surface area contributed by atoms with E-state index in [0.717, 1.165) is 34.5 Å². The number of hydrogen-bond acceptors (Lipinski definition) is 4. The molecule has 3 aromatic rings. The van der Waals surface area contributed by atoms with Crippen LogP contribution in [-0.2, 0) is 15.0 Å². The number of carbonyl (C=O) groups excluding carboxylic acids is 2. The van der Waals surface area contributed by atoms with Gasteiger partial charge < -0.3 is 15.5 Å². The number of pyridine rings is 1. The first-order valence-corrected chi connectivity index (χ1v) is 9.39. The van der Waals surface area contributed by atoms with Gasteiger partial charge >= 0.3 is 0 Å². The molecule has 140 valence electrons. The zero-order chi connectivity index (χ0) is 19.3. The number of fused-ring (bicyclic) bond motifs is 3. The largest absolute Gasteiger partial charge is 0.368 e. The van der Waals surface area contributed by atoms with E-state index in [1.165, 1.54) is 4.90 Å². The maximum atomic E-state index is 13.4. The Bertz CT molecular complexity index is 1110. The lowest BCUT2D eigenvalue weighted by Gasteiger charge is -2.24. The van der Waals surface area contributed by atoms with E-state index < -0.39 is 11.3 Å². The molecule has 1 spiro atoms. The van der Waals surface area contributed by atoms with Crippen molar-refractivity contribution in [3.05, 3.63) is 66.2 Å². The number of rotatable bonds is 3. The van der Waals surface area contributed by atoms with Gasteiger partial charge in [0.05, 0.1) is 10.9 Å². The molecule has 1 fully saturated rings. The Kier molecular flexibility index (Phi) is 3.62. The molecule has 0 bridgehead atoms. The van der Waals surface area contributed by atoms with Gasteiger partial charge in [0.15, 0.2) is 0 Å². The summed E-state index contributed by atoms with van der Waals surface area (Å²) >= 11 is 0. The van der Waals surface area contributed by atoms with Gasteiger partial charge in [-0.2, -0.15) is 0 Å². The molecule has 2 aliphatic rings. The minimum absolute atomic E-state index is 0.0456. The van der Waals surface area contributed by atoms with E-state index in [4.69, 9.17) is 10.7 Å². The summed E-state index contributed by atoms with van der Waals surface area (Å²) in [6, 6.07) is 19.8. The van der Waals surface area contributed by atoms with E-state index in [0.29, 0.717) is 13.0 Å². The third kappa shape index (κ3) is 2.37. The van der Waals surface area contributed by atoms with Gasteiger partial charge in [-0.15, -0.1) is 0 Å². The van der Waals surface area contributed by atoms with Crippen LogP contribution in [0, 0.1) is 0 Å². The topological polar surface area (TPSA) is 79.5 Å². The molecule has 1 aromatic heterocycles. The van der Waals surface area contributed by atoms with Crippen LogP contribution in [0.2, 0.25) is 0 Å². The molecule has 2 amide bonds. The first kappa shape index (κ1) is 16.7. The summed E-state index contributed by atoms with van der Waals surface area (Å²) in [5.74, 6) is 0.316. The van der Waals surface area contributed by atoms with Crippen molar-refractivity contribution in [1.29, 1.82) is 0 Å². The van der Waals surface area contributed by atoms with Crippen LogP contribution < -0.4 is 15.5 Å². The molecule has 0 unspecified atom stereocenters. The lowest BCUT2D eigenvalue weighted by atomic mass is 9.81. The lowest BCUT2D eigenvalue weighted by Crippen LogP contribution is -2.45. The molecule has 2 aromatic carbocycles. The van der Waals surface area contributed by atoms with Gasteiger partial charge in [-0.1, -0.05) is 36.4 Å². The van der Waals surface area contributed by atoms with Gasteiger partial charge in [-0.3, -0.25) is 9.59 Å². The highest BCUT2D eigenvalue weighted by Gasteiger charge is 2.54. The summed E-state index contributed by atoms with van der Waals surface area (Å²) in [6.45, 7) is 1.19. The monoisotopic (exact) mass is 372 g/mol. The highest BCUT2D eigenvalue weighted by molar-refractivity contribution is 6.11. The Labute approximate surface area is 162 Å². The molecule has 2 N–H and O–H groups in total. The van der Waals surface area contributed by atoms with E-state index in [2.05, 4.69) is 11.0 Å². The molecule has 28 heavy (non-hydrogen) atoms. The predicted molar refractivity (Wildman–Crippen MR) is 108 cm³/mol. The molecular weight excluding hydrogens is 352 g/mol. The summed E-state index contributed by atoms with van der Waals surface area (Å²) in [4.78, 5) is 33.4. The van der Waals surface area contributed by atoms with Gasteiger partial charge in [0.2, 0.25) is 11.8 Å².